The highest BCUT2D eigenvalue weighted by Crippen LogP contribution is 2.26. The van der Waals surface area contributed by atoms with Crippen LogP contribution in [0, 0.1) is 6.92 Å². The quantitative estimate of drug-likeness (QED) is 0.459. The van der Waals surface area contributed by atoms with Crippen molar-refractivity contribution in [3.63, 3.8) is 0 Å². The predicted octanol–water partition coefficient (Wildman–Crippen LogP) is 4.25. The van der Waals surface area contributed by atoms with Gasteiger partial charge in [0.05, 0.1) is 6.10 Å². The number of methoxy groups -OCH3 is 1. The lowest BCUT2D eigenvalue weighted by atomic mass is 10.1. The summed E-state index contributed by atoms with van der Waals surface area (Å²) < 4.78 is 10.9. The summed E-state index contributed by atoms with van der Waals surface area (Å²) in [6.07, 6.45) is 0.373. The standard InChI is InChI=1S/C24H27O3P/c1-17-9-12-23(21(13-17)18(2)25)28-24-15-20(10-11-22(24)27-16-26-3)14-19-7-5-4-6-8-19/h4-13,15,18,25,28H,14,16H2,1-3H3. The topological polar surface area (TPSA) is 38.7 Å². The number of rotatable bonds is 8. The van der Waals surface area contributed by atoms with E-state index in [0.717, 1.165) is 33.9 Å². The highest BCUT2D eigenvalue weighted by Gasteiger charge is 2.13. The van der Waals surface area contributed by atoms with Gasteiger partial charge in [0.25, 0.3) is 0 Å². The van der Waals surface area contributed by atoms with Crippen molar-refractivity contribution >= 4 is 19.2 Å². The van der Waals surface area contributed by atoms with Crippen LogP contribution in [0.5, 0.6) is 5.75 Å². The monoisotopic (exact) mass is 394 g/mol. The molecule has 3 rings (SSSR count). The molecule has 146 valence electrons. The van der Waals surface area contributed by atoms with Crippen LogP contribution in [-0.4, -0.2) is 19.0 Å². The van der Waals surface area contributed by atoms with Gasteiger partial charge in [0.2, 0.25) is 0 Å². The van der Waals surface area contributed by atoms with E-state index in [2.05, 4.69) is 54.6 Å². The molecule has 1 N–H and O–H groups in total. The average Bonchev–Trinajstić information content (AvgIpc) is 2.69. The number of aliphatic hydroxyl groups excluding tert-OH is 1. The smallest absolute Gasteiger partial charge is 0.188 e. The first kappa shape index (κ1) is 20.5. The second kappa shape index (κ2) is 9.84. The number of hydrogen-bond donors (Lipinski definition) is 1. The maximum atomic E-state index is 10.2. The molecule has 0 heterocycles. The Balaban J connectivity index is 1.93. The summed E-state index contributed by atoms with van der Waals surface area (Å²) in [5.41, 5.74) is 4.65. The van der Waals surface area contributed by atoms with Gasteiger partial charge in [0.15, 0.2) is 6.79 Å². The minimum atomic E-state index is -0.502. The summed E-state index contributed by atoms with van der Waals surface area (Å²) >= 11 is 0. The molecule has 4 heteroatoms. The van der Waals surface area contributed by atoms with Crippen molar-refractivity contribution in [3.8, 4) is 5.75 Å². The normalized spacial score (nSPS) is 12.4. The van der Waals surface area contributed by atoms with E-state index in [1.165, 1.54) is 11.1 Å². The van der Waals surface area contributed by atoms with Crippen molar-refractivity contribution in [1.82, 2.24) is 0 Å². The molecule has 0 aliphatic heterocycles. The maximum Gasteiger partial charge on any atom is 0.188 e. The van der Waals surface area contributed by atoms with Crippen LogP contribution >= 0.6 is 8.58 Å². The van der Waals surface area contributed by atoms with Crippen molar-refractivity contribution in [2.24, 2.45) is 0 Å². The molecule has 3 aromatic carbocycles. The van der Waals surface area contributed by atoms with E-state index in [4.69, 9.17) is 9.47 Å². The summed E-state index contributed by atoms with van der Waals surface area (Å²) in [6.45, 7) is 4.08. The molecular formula is C24H27O3P. The third-order valence-corrected chi connectivity index (χ3v) is 5.94. The summed E-state index contributed by atoms with van der Waals surface area (Å²) in [5, 5.41) is 12.5. The summed E-state index contributed by atoms with van der Waals surface area (Å²) in [7, 11) is 2.01. The first-order valence-corrected chi connectivity index (χ1v) is 10.4. The fraction of sp³-hybridized carbons (Fsp3) is 0.250. The van der Waals surface area contributed by atoms with Crippen LogP contribution in [0.1, 0.15) is 35.3 Å². The van der Waals surface area contributed by atoms with Crippen LogP contribution in [0.2, 0.25) is 0 Å². The zero-order valence-corrected chi connectivity index (χ0v) is 17.6. The van der Waals surface area contributed by atoms with E-state index in [1.807, 2.05) is 26.0 Å². The molecule has 0 aromatic heterocycles. The van der Waals surface area contributed by atoms with Crippen LogP contribution in [0.25, 0.3) is 0 Å². The minimum absolute atomic E-state index is 0.215. The molecule has 3 nitrogen and oxygen atoms in total. The molecule has 2 atom stereocenters. The maximum absolute atomic E-state index is 10.2. The first-order chi connectivity index (χ1) is 13.6. The van der Waals surface area contributed by atoms with Crippen molar-refractivity contribution in [2.45, 2.75) is 26.4 Å². The van der Waals surface area contributed by atoms with E-state index >= 15 is 0 Å². The van der Waals surface area contributed by atoms with Gasteiger partial charge in [0, 0.05) is 12.4 Å². The zero-order valence-electron chi connectivity index (χ0n) is 16.6. The lowest BCUT2D eigenvalue weighted by Crippen LogP contribution is -2.15. The van der Waals surface area contributed by atoms with Crippen LogP contribution in [0.15, 0.2) is 66.7 Å². The van der Waals surface area contributed by atoms with Crippen molar-refractivity contribution in [2.75, 3.05) is 13.9 Å². The van der Waals surface area contributed by atoms with Gasteiger partial charge in [-0.25, -0.2) is 0 Å². The predicted molar refractivity (Wildman–Crippen MR) is 118 cm³/mol. The van der Waals surface area contributed by atoms with Gasteiger partial charge < -0.3 is 14.6 Å². The number of aliphatic hydroxyl groups is 1. The molecule has 0 aliphatic carbocycles. The van der Waals surface area contributed by atoms with E-state index in [0.29, 0.717) is 8.58 Å². The summed E-state index contributed by atoms with van der Waals surface area (Å²) in [4.78, 5) is 0. The van der Waals surface area contributed by atoms with Gasteiger partial charge in [-0.1, -0.05) is 68.7 Å². The molecule has 0 saturated carbocycles. The largest absolute Gasteiger partial charge is 0.467 e. The van der Waals surface area contributed by atoms with Gasteiger partial charge in [-0.2, -0.15) is 0 Å². The van der Waals surface area contributed by atoms with Crippen molar-refractivity contribution < 1.29 is 14.6 Å². The van der Waals surface area contributed by atoms with Gasteiger partial charge in [-0.05, 0) is 54.4 Å². The first-order valence-electron chi connectivity index (χ1n) is 9.41. The molecule has 0 aliphatic rings. The Kier molecular flexibility index (Phi) is 7.22. The summed E-state index contributed by atoms with van der Waals surface area (Å²) in [6, 6.07) is 23.1. The van der Waals surface area contributed by atoms with E-state index in [1.54, 1.807) is 7.11 Å². The van der Waals surface area contributed by atoms with E-state index in [9.17, 15) is 5.11 Å². The molecule has 0 amide bonds. The Morgan fingerprint density at radius 1 is 0.929 bits per heavy atom. The number of ether oxygens (including phenoxy) is 2. The molecule has 0 fully saturated rings. The fourth-order valence-electron chi connectivity index (χ4n) is 3.15. The Labute approximate surface area is 169 Å². The Morgan fingerprint density at radius 2 is 1.71 bits per heavy atom. The SMILES string of the molecule is COCOc1ccc(Cc2ccccc2)cc1Pc1ccc(C)cc1C(C)O. The van der Waals surface area contributed by atoms with E-state index < -0.39 is 6.10 Å². The third-order valence-electron chi connectivity index (χ3n) is 4.55. The van der Waals surface area contributed by atoms with Gasteiger partial charge in [0.1, 0.15) is 5.75 Å². The minimum Gasteiger partial charge on any atom is -0.467 e. The van der Waals surface area contributed by atoms with Crippen LogP contribution in [0.3, 0.4) is 0 Å². The number of aryl methyl sites for hydroxylation is 1. The Hall–Kier alpha value is -2.19. The fourth-order valence-corrected chi connectivity index (χ4v) is 4.57. The lowest BCUT2D eigenvalue weighted by Gasteiger charge is -2.17. The average molecular weight is 394 g/mol. The molecule has 3 aromatic rings. The van der Waals surface area contributed by atoms with E-state index in [-0.39, 0.29) is 6.79 Å². The molecule has 2 unspecified atom stereocenters. The molecule has 0 radical (unpaired) electrons. The van der Waals surface area contributed by atoms with Crippen LogP contribution < -0.4 is 15.3 Å². The Bertz CT molecular complexity index is 907. The third kappa shape index (κ3) is 5.42. The second-order valence-corrected chi connectivity index (χ2v) is 8.26. The molecule has 0 bridgehead atoms. The second-order valence-electron chi connectivity index (χ2n) is 6.94. The van der Waals surface area contributed by atoms with Crippen LogP contribution in [0.4, 0.5) is 0 Å². The van der Waals surface area contributed by atoms with Gasteiger partial charge >= 0.3 is 0 Å². The lowest BCUT2D eigenvalue weighted by molar-refractivity contribution is 0.0519. The Morgan fingerprint density at radius 3 is 2.43 bits per heavy atom. The van der Waals surface area contributed by atoms with Crippen molar-refractivity contribution in [1.29, 1.82) is 0 Å². The molecule has 28 heavy (non-hydrogen) atoms. The van der Waals surface area contributed by atoms with Crippen LogP contribution in [-0.2, 0) is 11.2 Å². The highest BCUT2D eigenvalue weighted by atomic mass is 31.1. The molecular weight excluding hydrogens is 367 g/mol. The summed E-state index contributed by atoms with van der Waals surface area (Å²) in [5.74, 6) is 0.828. The van der Waals surface area contributed by atoms with Crippen molar-refractivity contribution in [3.05, 3.63) is 89.0 Å². The number of hydrogen-bond acceptors (Lipinski definition) is 3. The van der Waals surface area contributed by atoms with Gasteiger partial charge in [-0.15, -0.1) is 0 Å². The molecule has 0 spiro atoms. The number of benzene rings is 3. The molecule has 0 saturated heterocycles. The zero-order chi connectivity index (χ0) is 19.9. The van der Waals surface area contributed by atoms with Gasteiger partial charge in [-0.3, -0.25) is 0 Å². The highest BCUT2D eigenvalue weighted by molar-refractivity contribution is 7.55.